The number of nitrogens with zero attached hydrogens (tertiary/aromatic N) is 1. The minimum absolute atomic E-state index is 0.0509. The fraction of sp³-hybridized carbons (Fsp3) is 0.833. The molecule has 0 aromatic carbocycles. The van der Waals surface area contributed by atoms with Crippen LogP contribution in [0.4, 0.5) is 0 Å². The highest BCUT2D eigenvalue weighted by Crippen LogP contribution is 2.21. The summed E-state index contributed by atoms with van der Waals surface area (Å²) >= 11 is 0. The molecule has 0 saturated carbocycles. The number of carbonyl (C=O) groups is 2. The van der Waals surface area contributed by atoms with E-state index in [0.29, 0.717) is 12.5 Å². The van der Waals surface area contributed by atoms with E-state index in [1.165, 1.54) is 0 Å². The van der Waals surface area contributed by atoms with Crippen molar-refractivity contribution in [3.05, 3.63) is 0 Å². The van der Waals surface area contributed by atoms with Gasteiger partial charge in [0, 0.05) is 20.0 Å². The van der Waals surface area contributed by atoms with Crippen molar-refractivity contribution < 1.29 is 14.7 Å². The lowest BCUT2D eigenvalue weighted by Gasteiger charge is -2.25. The Kier molecular flexibility index (Phi) is 5.48. The molecule has 94 valence electrons. The van der Waals surface area contributed by atoms with E-state index in [0.717, 1.165) is 6.42 Å². The summed E-state index contributed by atoms with van der Waals surface area (Å²) in [7, 11) is 1.73. The Morgan fingerprint density at radius 2 is 1.88 bits per heavy atom. The quantitative estimate of drug-likeness (QED) is 0.757. The summed E-state index contributed by atoms with van der Waals surface area (Å²) in [5, 5.41) is 8.93. The zero-order valence-electron chi connectivity index (χ0n) is 10.9. The molecule has 1 amide bonds. The minimum atomic E-state index is -0.985. The Balaban J connectivity index is 4.31. The Labute approximate surface area is 97.6 Å². The van der Waals surface area contributed by atoms with Crippen LogP contribution in [0.5, 0.6) is 0 Å². The molecule has 0 aromatic heterocycles. The molecule has 16 heavy (non-hydrogen) atoms. The number of aliphatic carboxylic acids is 1. The normalized spacial score (nSPS) is 13.3. The molecule has 0 rings (SSSR count). The first-order valence-electron chi connectivity index (χ1n) is 5.68. The van der Waals surface area contributed by atoms with E-state index in [1.807, 2.05) is 0 Å². The third-order valence-electron chi connectivity index (χ3n) is 2.88. The van der Waals surface area contributed by atoms with Gasteiger partial charge in [-0.2, -0.15) is 0 Å². The van der Waals surface area contributed by atoms with E-state index in [9.17, 15) is 9.59 Å². The highest BCUT2D eigenvalue weighted by atomic mass is 16.4. The molecule has 0 spiro atoms. The van der Waals surface area contributed by atoms with Gasteiger partial charge >= 0.3 is 5.97 Å². The number of amides is 1. The van der Waals surface area contributed by atoms with Crippen molar-refractivity contribution in [1.29, 1.82) is 0 Å². The maximum Gasteiger partial charge on any atom is 0.309 e. The Hall–Kier alpha value is -1.06. The summed E-state index contributed by atoms with van der Waals surface area (Å²) in [6.45, 7) is 7.98. The smallest absolute Gasteiger partial charge is 0.309 e. The van der Waals surface area contributed by atoms with Crippen LogP contribution in [0.3, 0.4) is 0 Å². The first-order chi connectivity index (χ1) is 7.20. The second-order valence-electron chi connectivity index (χ2n) is 5.15. The molecule has 1 atom stereocenters. The second-order valence-corrected chi connectivity index (χ2v) is 5.15. The van der Waals surface area contributed by atoms with Crippen LogP contribution in [0.1, 0.15) is 40.5 Å². The number of hydrogen-bond acceptors (Lipinski definition) is 2. The molecular formula is C12H23NO3. The molecule has 0 bridgehead atoms. The van der Waals surface area contributed by atoms with Crippen molar-refractivity contribution in [2.45, 2.75) is 40.5 Å². The van der Waals surface area contributed by atoms with Crippen molar-refractivity contribution in [3.8, 4) is 0 Å². The van der Waals surface area contributed by atoms with Crippen LogP contribution >= 0.6 is 0 Å². The molecule has 0 radical (unpaired) electrons. The molecule has 4 heteroatoms. The summed E-state index contributed by atoms with van der Waals surface area (Å²) in [5.41, 5.74) is -0.985. The SMILES string of the molecule is CCC(C)CN(C)C(=O)CC(C)(C)C(=O)O. The van der Waals surface area contributed by atoms with E-state index in [1.54, 1.807) is 25.8 Å². The summed E-state index contributed by atoms with van der Waals surface area (Å²) in [4.78, 5) is 24.3. The molecule has 1 N–H and O–H groups in total. The van der Waals surface area contributed by atoms with Crippen molar-refractivity contribution in [3.63, 3.8) is 0 Å². The van der Waals surface area contributed by atoms with Gasteiger partial charge < -0.3 is 10.0 Å². The molecule has 0 aromatic rings. The number of carbonyl (C=O) groups excluding carboxylic acids is 1. The number of rotatable bonds is 6. The predicted molar refractivity (Wildman–Crippen MR) is 63.1 cm³/mol. The van der Waals surface area contributed by atoms with E-state index in [-0.39, 0.29) is 12.3 Å². The third-order valence-corrected chi connectivity index (χ3v) is 2.88. The van der Waals surface area contributed by atoms with Crippen LogP contribution in [0.25, 0.3) is 0 Å². The van der Waals surface area contributed by atoms with Crippen molar-refractivity contribution in [1.82, 2.24) is 4.90 Å². The third kappa shape index (κ3) is 4.64. The fourth-order valence-electron chi connectivity index (χ4n) is 1.29. The standard InChI is InChI=1S/C12H23NO3/c1-6-9(2)8-13(5)10(14)7-12(3,4)11(15)16/h9H,6-8H2,1-5H3,(H,15,16). The summed E-state index contributed by atoms with van der Waals surface area (Å²) in [6.07, 6.45) is 1.06. The van der Waals surface area contributed by atoms with Crippen LogP contribution in [0.15, 0.2) is 0 Å². The van der Waals surface area contributed by atoms with E-state index in [4.69, 9.17) is 5.11 Å². The molecule has 0 fully saturated rings. The molecule has 1 unspecified atom stereocenters. The molecule has 0 heterocycles. The Morgan fingerprint density at radius 1 is 1.38 bits per heavy atom. The lowest BCUT2D eigenvalue weighted by Crippen LogP contribution is -2.36. The average molecular weight is 229 g/mol. The number of carboxylic acid groups (broad SMARTS) is 1. The van der Waals surface area contributed by atoms with E-state index >= 15 is 0 Å². The monoisotopic (exact) mass is 229 g/mol. The van der Waals surface area contributed by atoms with Gasteiger partial charge in [0.1, 0.15) is 0 Å². The van der Waals surface area contributed by atoms with Crippen LogP contribution in [-0.4, -0.2) is 35.5 Å². The number of carboxylic acids is 1. The summed E-state index contributed by atoms with van der Waals surface area (Å²) < 4.78 is 0. The molecule has 0 aliphatic carbocycles. The largest absolute Gasteiger partial charge is 0.481 e. The van der Waals surface area contributed by atoms with Crippen molar-refractivity contribution >= 4 is 11.9 Å². The first-order valence-corrected chi connectivity index (χ1v) is 5.68. The van der Waals surface area contributed by atoms with Gasteiger partial charge in [-0.05, 0) is 19.8 Å². The van der Waals surface area contributed by atoms with Gasteiger partial charge in [0.2, 0.25) is 5.91 Å². The lowest BCUT2D eigenvalue weighted by atomic mass is 9.89. The topological polar surface area (TPSA) is 57.6 Å². The molecule has 0 saturated heterocycles. The van der Waals surface area contributed by atoms with Gasteiger partial charge in [-0.15, -0.1) is 0 Å². The number of hydrogen-bond donors (Lipinski definition) is 1. The maximum atomic E-state index is 11.8. The summed E-state index contributed by atoms with van der Waals surface area (Å²) in [5.74, 6) is -0.590. The molecule has 0 aliphatic rings. The van der Waals surface area contributed by atoms with E-state index in [2.05, 4.69) is 13.8 Å². The zero-order chi connectivity index (χ0) is 12.9. The van der Waals surface area contributed by atoms with E-state index < -0.39 is 11.4 Å². The average Bonchev–Trinajstić information content (AvgIpc) is 2.16. The Bertz CT molecular complexity index is 261. The zero-order valence-corrected chi connectivity index (χ0v) is 10.9. The minimum Gasteiger partial charge on any atom is -0.481 e. The predicted octanol–water partition coefficient (Wildman–Crippen LogP) is 1.99. The summed E-state index contributed by atoms with van der Waals surface area (Å²) in [6, 6.07) is 0. The molecule has 4 nitrogen and oxygen atoms in total. The van der Waals surface area contributed by atoms with Crippen LogP contribution in [-0.2, 0) is 9.59 Å². The van der Waals surface area contributed by atoms with Gasteiger partial charge in [0.05, 0.1) is 5.41 Å². The maximum absolute atomic E-state index is 11.8. The van der Waals surface area contributed by atoms with Crippen molar-refractivity contribution in [2.75, 3.05) is 13.6 Å². The van der Waals surface area contributed by atoms with Crippen LogP contribution < -0.4 is 0 Å². The van der Waals surface area contributed by atoms with Gasteiger partial charge in [0.15, 0.2) is 0 Å². The van der Waals surface area contributed by atoms with Gasteiger partial charge in [-0.1, -0.05) is 20.3 Å². The molecular weight excluding hydrogens is 206 g/mol. The second kappa shape index (κ2) is 5.87. The first kappa shape index (κ1) is 14.9. The van der Waals surface area contributed by atoms with Crippen molar-refractivity contribution in [2.24, 2.45) is 11.3 Å². The fourth-order valence-corrected chi connectivity index (χ4v) is 1.29. The van der Waals surface area contributed by atoms with Gasteiger partial charge in [-0.3, -0.25) is 9.59 Å². The van der Waals surface area contributed by atoms with Crippen LogP contribution in [0.2, 0.25) is 0 Å². The molecule has 0 aliphatic heterocycles. The van der Waals surface area contributed by atoms with Gasteiger partial charge in [-0.25, -0.2) is 0 Å². The highest BCUT2D eigenvalue weighted by molar-refractivity contribution is 5.84. The van der Waals surface area contributed by atoms with Crippen LogP contribution in [0, 0.1) is 11.3 Å². The lowest BCUT2D eigenvalue weighted by molar-refractivity contribution is -0.151. The highest BCUT2D eigenvalue weighted by Gasteiger charge is 2.31. The Morgan fingerprint density at radius 3 is 2.25 bits per heavy atom. The van der Waals surface area contributed by atoms with Gasteiger partial charge in [0.25, 0.3) is 0 Å².